The molecule has 0 unspecified atom stereocenters. The molecule has 0 atom stereocenters. The first-order valence-electron chi connectivity index (χ1n) is 7.05. The molecular weight excluding hydrogens is 288 g/mol. The lowest BCUT2D eigenvalue weighted by Gasteiger charge is -2.20. The molecule has 0 saturated carbocycles. The van der Waals surface area contributed by atoms with Crippen LogP contribution in [0.4, 0.5) is 5.00 Å². The zero-order valence-electron chi connectivity index (χ0n) is 13.3. The van der Waals surface area contributed by atoms with E-state index in [2.05, 4.69) is 10.6 Å². The van der Waals surface area contributed by atoms with E-state index >= 15 is 0 Å². The van der Waals surface area contributed by atoms with Crippen molar-refractivity contribution < 1.29 is 14.3 Å². The highest BCUT2D eigenvalue weighted by atomic mass is 32.1. The average Bonchev–Trinajstić information content (AvgIpc) is 2.68. The first-order valence-corrected chi connectivity index (χ1v) is 7.87. The van der Waals surface area contributed by atoms with Gasteiger partial charge in [0, 0.05) is 23.4 Å². The predicted octanol–water partition coefficient (Wildman–Crippen LogP) is 2.95. The van der Waals surface area contributed by atoms with Gasteiger partial charge in [0.15, 0.2) is 0 Å². The number of esters is 1. The van der Waals surface area contributed by atoms with Gasteiger partial charge in [-0.2, -0.15) is 0 Å². The van der Waals surface area contributed by atoms with E-state index in [1.165, 1.54) is 11.3 Å². The van der Waals surface area contributed by atoms with Crippen molar-refractivity contribution >= 4 is 28.2 Å². The van der Waals surface area contributed by atoms with Gasteiger partial charge in [-0.15, -0.1) is 11.3 Å². The zero-order chi connectivity index (χ0) is 16.0. The van der Waals surface area contributed by atoms with Gasteiger partial charge in [-0.1, -0.05) is 0 Å². The number of hydrogen-bond donors (Lipinski definition) is 2. The number of carbonyl (C=O) groups excluding carboxylic acids is 2. The van der Waals surface area contributed by atoms with Crippen molar-refractivity contribution in [1.82, 2.24) is 5.32 Å². The van der Waals surface area contributed by atoms with Crippen molar-refractivity contribution in [3.8, 4) is 0 Å². The highest BCUT2D eigenvalue weighted by Crippen LogP contribution is 2.28. The van der Waals surface area contributed by atoms with E-state index in [0.29, 0.717) is 30.1 Å². The van der Waals surface area contributed by atoms with E-state index in [0.717, 1.165) is 4.88 Å². The Kier molecular flexibility index (Phi) is 6.36. The van der Waals surface area contributed by atoms with Crippen LogP contribution in [0.1, 0.15) is 49.4 Å². The Labute approximate surface area is 130 Å². The number of hydrogen-bond acceptors (Lipinski definition) is 5. The maximum absolute atomic E-state index is 11.9. The number of anilines is 1. The molecule has 2 N–H and O–H groups in total. The van der Waals surface area contributed by atoms with E-state index in [4.69, 9.17) is 4.74 Å². The summed E-state index contributed by atoms with van der Waals surface area (Å²) in [5, 5.41) is 6.61. The van der Waals surface area contributed by atoms with E-state index < -0.39 is 5.97 Å². The third-order valence-electron chi connectivity index (χ3n) is 2.61. The summed E-state index contributed by atoms with van der Waals surface area (Å²) >= 11 is 1.38. The molecule has 0 saturated heterocycles. The third kappa shape index (κ3) is 6.27. The van der Waals surface area contributed by atoms with E-state index in [-0.39, 0.29) is 11.4 Å². The van der Waals surface area contributed by atoms with Crippen LogP contribution in [0.3, 0.4) is 0 Å². The molecule has 118 valence electrons. The quantitative estimate of drug-likeness (QED) is 0.793. The maximum atomic E-state index is 11.9. The Morgan fingerprint density at radius 3 is 2.57 bits per heavy atom. The molecule has 1 amide bonds. The minimum atomic E-state index is -0.398. The number of amides is 1. The number of rotatable bonds is 6. The molecular formula is C15H24N2O3S. The third-order valence-corrected chi connectivity index (χ3v) is 3.58. The lowest BCUT2D eigenvalue weighted by molar-refractivity contribution is -0.116. The Morgan fingerprint density at radius 2 is 2.00 bits per heavy atom. The van der Waals surface area contributed by atoms with Gasteiger partial charge in [-0.05, 0) is 40.7 Å². The molecule has 1 rings (SSSR count). The Morgan fingerprint density at radius 1 is 1.33 bits per heavy atom. The largest absolute Gasteiger partial charge is 0.462 e. The van der Waals surface area contributed by atoms with Crippen LogP contribution < -0.4 is 10.6 Å². The summed E-state index contributed by atoms with van der Waals surface area (Å²) in [5.41, 5.74) is 0.409. The highest BCUT2D eigenvalue weighted by Gasteiger charge is 2.18. The minimum absolute atomic E-state index is 0.0180. The van der Waals surface area contributed by atoms with Gasteiger partial charge in [-0.3, -0.25) is 4.79 Å². The van der Waals surface area contributed by atoms with Crippen molar-refractivity contribution in [1.29, 1.82) is 0 Å². The van der Waals surface area contributed by atoms with Crippen LogP contribution in [-0.4, -0.2) is 30.6 Å². The van der Waals surface area contributed by atoms with Crippen molar-refractivity contribution in [2.75, 3.05) is 18.5 Å². The van der Waals surface area contributed by atoms with Crippen LogP contribution >= 0.6 is 11.3 Å². The summed E-state index contributed by atoms with van der Waals surface area (Å²) in [7, 11) is 0. The van der Waals surface area contributed by atoms with Crippen molar-refractivity contribution in [2.24, 2.45) is 0 Å². The molecule has 0 aliphatic carbocycles. The highest BCUT2D eigenvalue weighted by molar-refractivity contribution is 7.16. The van der Waals surface area contributed by atoms with Crippen LogP contribution in [0.25, 0.3) is 0 Å². The summed E-state index contributed by atoms with van der Waals surface area (Å²) in [6.07, 6.45) is 0.358. The molecule has 0 aliphatic rings. The first-order chi connectivity index (χ1) is 9.73. The normalized spacial score (nSPS) is 11.3. The van der Waals surface area contributed by atoms with E-state index in [1.807, 2.05) is 27.7 Å². The second kappa shape index (κ2) is 7.56. The van der Waals surface area contributed by atoms with Crippen molar-refractivity contribution in [2.45, 2.75) is 46.6 Å². The number of aryl methyl sites for hydroxylation is 1. The van der Waals surface area contributed by atoms with Crippen molar-refractivity contribution in [3.05, 3.63) is 16.5 Å². The fourth-order valence-electron chi connectivity index (χ4n) is 1.71. The van der Waals surface area contributed by atoms with Gasteiger partial charge in [0.2, 0.25) is 5.91 Å². The second-order valence-electron chi connectivity index (χ2n) is 5.80. The molecule has 6 heteroatoms. The second-order valence-corrected chi connectivity index (χ2v) is 7.05. The Hall–Kier alpha value is -1.40. The Bertz CT molecular complexity index is 504. The molecule has 0 radical (unpaired) electrons. The van der Waals surface area contributed by atoms with Gasteiger partial charge >= 0.3 is 5.97 Å². The van der Waals surface area contributed by atoms with E-state index in [9.17, 15) is 9.59 Å². The SMILES string of the molecule is CCOC(=O)c1cc(C)sc1NC(=O)CCNC(C)(C)C. The molecule has 0 bridgehead atoms. The molecule has 1 heterocycles. The van der Waals surface area contributed by atoms with Crippen LogP contribution in [0.2, 0.25) is 0 Å². The van der Waals surface area contributed by atoms with Gasteiger partial charge in [0.1, 0.15) is 5.00 Å². The standard InChI is InChI=1S/C15H24N2O3S/c1-6-20-14(19)11-9-10(2)21-13(11)17-12(18)7-8-16-15(3,4)5/h9,16H,6-8H2,1-5H3,(H,17,18). The smallest absolute Gasteiger partial charge is 0.341 e. The van der Waals surface area contributed by atoms with Gasteiger partial charge < -0.3 is 15.4 Å². The molecule has 1 aromatic heterocycles. The summed E-state index contributed by atoms with van der Waals surface area (Å²) in [5.74, 6) is -0.510. The van der Waals surface area contributed by atoms with Crippen LogP contribution in [-0.2, 0) is 9.53 Å². The minimum Gasteiger partial charge on any atom is -0.462 e. The van der Waals surface area contributed by atoms with Gasteiger partial charge in [0.05, 0.1) is 12.2 Å². The molecule has 0 aliphatic heterocycles. The molecule has 1 aromatic rings. The topological polar surface area (TPSA) is 67.4 Å². The molecule has 21 heavy (non-hydrogen) atoms. The summed E-state index contributed by atoms with van der Waals surface area (Å²) < 4.78 is 4.99. The molecule has 0 aromatic carbocycles. The van der Waals surface area contributed by atoms with Crippen LogP contribution in [0.5, 0.6) is 0 Å². The fourth-order valence-corrected chi connectivity index (χ4v) is 2.62. The monoisotopic (exact) mass is 312 g/mol. The predicted molar refractivity (Wildman–Crippen MR) is 86.0 cm³/mol. The van der Waals surface area contributed by atoms with E-state index in [1.54, 1.807) is 13.0 Å². The summed E-state index contributed by atoms with van der Waals surface area (Å²) in [6, 6.07) is 1.74. The lowest BCUT2D eigenvalue weighted by Crippen LogP contribution is -2.37. The summed E-state index contributed by atoms with van der Waals surface area (Å²) in [6.45, 7) is 10.7. The lowest BCUT2D eigenvalue weighted by atomic mass is 10.1. The molecule has 0 spiro atoms. The fraction of sp³-hybridized carbons (Fsp3) is 0.600. The zero-order valence-corrected chi connectivity index (χ0v) is 14.1. The number of thiophene rings is 1. The summed E-state index contributed by atoms with van der Waals surface area (Å²) in [4.78, 5) is 24.7. The van der Waals surface area contributed by atoms with Gasteiger partial charge in [0.25, 0.3) is 0 Å². The van der Waals surface area contributed by atoms with Crippen LogP contribution in [0.15, 0.2) is 6.07 Å². The number of carbonyl (C=O) groups is 2. The first kappa shape index (κ1) is 17.7. The number of ether oxygens (including phenoxy) is 1. The van der Waals surface area contributed by atoms with Crippen molar-refractivity contribution in [3.63, 3.8) is 0 Å². The molecule has 0 fully saturated rings. The molecule has 5 nitrogen and oxygen atoms in total. The Balaban J connectivity index is 2.62. The average molecular weight is 312 g/mol. The van der Waals surface area contributed by atoms with Crippen LogP contribution in [0, 0.1) is 6.92 Å². The van der Waals surface area contributed by atoms with Gasteiger partial charge in [-0.25, -0.2) is 4.79 Å². The maximum Gasteiger partial charge on any atom is 0.341 e. The number of nitrogens with one attached hydrogen (secondary N) is 2.